The van der Waals surface area contributed by atoms with Crippen LogP contribution in [-0.2, 0) is 0 Å². The lowest BCUT2D eigenvalue weighted by Gasteiger charge is -2.33. The van der Waals surface area contributed by atoms with Gasteiger partial charge in [-0.05, 0) is 23.0 Å². The van der Waals surface area contributed by atoms with Crippen LogP contribution in [0.2, 0.25) is 0 Å². The average Bonchev–Trinajstić information content (AvgIpc) is 2.31. The second-order valence-electron chi connectivity index (χ2n) is 3.79. The highest BCUT2D eigenvalue weighted by Gasteiger charge is 2.19. The van der Waals surface area contributed by atoms with Crippen molar-refractivity contribution in [3.05, 3.63) is 10.8 Å². The van der Waals surface area contributed by atoms with Gasteiger partial charge in [-0.2, -0.15) is 0 Å². The highest BCUT2D eigenvalue weighted by molar-refractivity contribution is 9.10. The van der Waals surface area contributed by atoms with Crippen LogP contribution in [0.5, 0.6) is 0 Å². The molecule has 2 heterocycles. The fourth-order valence-electron chi connectivity index (χ4n) is 1.70. The average molecular weight is 287 g/mol. The lowest BCUT2D eigenvalue weighted by molar-refractivity contribution is 0.312. The molecule has 2 rings (SSSR count). The number of hydrogen-bond acceptors (Lipinski definition) is 6. The largest absolute Gasteiger partial charge is 0.353 e. The first-order valence-corrected chi connectivity index (χ1v) is 5.92. The fourth-order valence-corrected chi connectivity index (χ4v) is 2.27. The summed E-state index contributed by atoms with van der Waals surface area (Å²) in [6, 6.07) is 0. The Labute approximate surface area is 103 Å². The van der Waals surface area contributed by atoms with Crippen LogP contribution >= 0.6 is 15.9 Å². The normalized spacial score (nSPS) is 17.6. The monoisotopic (exact) mass is 286 g/mol. The highest BCUT2D eigenvalue weighted by atomic mass is 79.9. The second-order valence-corrected chi connectivity index (χ2v) is 4.59. The number of rotatable bonds is 2. The molecule has 3 N–H and O–H groups in total. The molecule has 1 saturated heterocycles. The van der Waals surface area contributed by atoms with Crippen LogP contribution in [0.4, 0.5) is 11.6 Å². The molecule has 1 aromatic heterocycles. The van der Waals surface area contributed by atoms with E-state index in [1.54, 1.807) is 0 Å². The standard InChI is InChI=1S/C9H15BrN6/c1-15-2-4-16(5-3-15)9-7(10)8(14-11)12-6-13-9/h6H,2-5,11H2,1H3,(H,12,13,14). The number of aromatic nitrogens is 2. The molecule has 1 fully saturated rings. The van der Waals surface area contributed by atoms with Gasteiger partial charge in [0.25, 0.3) is 0 Å². The first-order chi connectivity index (χ1) is 7.72. The SMILES string of the molecule is CN1CCN(c2ncnc(NN)c2Br)CC1. The smallest absolute Gasteiger partial charge is 0.159 e. The molecule has 0 bridgehead atoms. The molecule has 0 aliphatic carbocycles. The molecular weight excluding hydrogens is 272 g/mol. The summed E-state index contributed by atoms with van der Waals surface area (Å²) >= 11 is 3.47. The summed E-state index contributed by atoms with van der Waals surface area (Å²) in [6.45, 7) is 4.02. The van der Waals surface area contributed by atoms with Crippen LogP contribution in [0.3, 0.4) is 0 Å². The van der Waals surface area contributed by atoms with Crippen molar-refractivity contribution < 1.29 is 0 Å². The Balaban J connectivity index is 2.20. The van der Waals surface area contributed by atoms with Crippen molar-refractivity contribution in [2.45, 2.75) is 0 Å². The molecule has 88 valence electrons. The third-order valence-electron chi connectivity index (χ3n) is 2.71. The van der Waals surface area contributed by atoms with Crippen molar-refractivity contribution in [2.75, 3.05) is 43.6 Å². The molecule has 6 nitrogen and oxygen atoms in total. The number of nitrogens with zero attached hydrogens (tertiary/aromatic N) is 4. The van der Waals surface area contributed by atoms with Gasteiger partial charge in [0.2, 0.25) is 0 Å². The number of nitrogens with one attached hydrogen (secondary N) is 1. The van der Waals surface area contributed by atoms with Gasteiger partial charge in [0.15, 0.2) is 5.82 Å². The molecule has 0 aromatic carbocycles. The number of halogens is 1. The van der Waals surface area contributed by atoms with Gasteiger partial charge in [-0.15, -0.1) is 0 Å². The van der Waals surface area contributed by atoms with Gasteiger partial charge in [0.05, 0.1) is 0 Å². The Morgan fingerprint density at radius 3 is 2.62 bits per heavy atom. The Hall–Kier alpha value is -0.920. The Bertz CT molecular complexity index is 363. The molecule has 0 atom stereocenters. The minimum absolute atomic E-state index is 0.615. The molecular formula is C9H15BrN6. The molecule has 0 amide bonds. The lowest BCUT2D eigenvalue weighted by Crippen LogP contribution is -2.45. The predicted octanol–water partition coefficient (Wildman–Crippen LogP) is 0.277. The van der Waals surface area contributed by atoms with E-state index in [0.29, 0.717) is 5.82 Å². The lowest BCUT2D eigenvalue weighted by atomic mass is 10.3. The molecule has 1 aliphatic rings. The zero-order valence-electron chi connectivity index (χ0n) is 9.15. The van der Waals surface area contributed by atoms with Crippen molar-refractivity contribution in [2.24, 2.45) is 5.84 Å². The van der Waals surface area contributed by atoms with Gasteiger partial charge in [-0.1, -0.05) is 0 Å². The molecule has 0 saturated carbocycles. The van der Waals surface area contributed by atoms with Crippen LogP contribution in [0.1, 0.15) is 0 Å². The summed E-state index contributed by atoms with van der Waals surface area (Å²) in [6.07, 6.45) is 1.52. The minimum atomic E-state index is 0.615. The van der Waals surface area contributed by atoms with Gasteiger partial charge in [-0.3, -0.25) is 0 Å². The van der Waals surface area contributed by atoms with Crippen LogP contribution in [-0.4, -0.2) is 48.1 Å². The van der Waals surface area contributed by atoms with Crippen molar-refractivity contribution in [3.63, 3.8) is 0 Å². The van der Waals surface area contributed by atoms with Gasteiger partial charge < -0.3 is 15.2 Å². The third-order valence-corrected chi connectivity index (χ3v) is 3.44. The summed E-state index contributed by atoms with van der Waals surface area (Å²) in [5, 5.41) is 0. The zero-order chi connectivity index (χ0) is 11.5. The first-order valence-electron chi connectivity index (χ1n) is 5.13. The number of likely N-dealkylation sites (N-methyl/N-ethyl adjacent to an activating group) is 1. The van der Waals surface area contributed by atoms with Crippen molar-refractivity contribution >= 4 is 27.6 Å². The summed E-state index contributed by atoms with van der Waals surface area (Å²) in [4.78, 5) is 12.9. The summed E-state index contributed by atoms with van der Waals surface area (Å²) < 4.78 is 0.821. The van der Waals surface area contributed by atoms with Gasteiger partial charge in [-0.25, -0.2) is 15.8 Å². The van der Waals surface area contributed by atoms with E-state index in [1.807, 2.05) is 0 Å². The van der Waals surface area contributed by atoms with E-state index in [9.17, 15) is 0 Å². The third kappa shape index (κ3) is 2.26. The summed E-state index contributed by atoms with van der Waals surface area (Å²) in [5.74, 6) is 6.89. The van der Waals surface area contributed by atoms with E-state index >= 15 is 0 Å². The molecule has 7 heteroatoms. The van der Waals surface area contributed by atoms with Crippen LogP contribution in [0.25, 0.3) is 0 Å². The summed E-state index contributed by atoms with van der Waals surface area (Å²) in [7, 11) is 2.12. The molecule has 16 heavy (non-hydrogen) atoms. The molecule has 0 unspecified atom stereocenters. The Morgan fingerprint density at radius 2 is 2.00 bits per heavy atom. The number of hydrazine groups is 1. The maximum Gasteiger partial charge on any atom is 0.159 e. The van der Waals surface area contributed by atoms with E-state index in [-0.39, 0.29) is 0 Å². The van der Waals surface area contributed by atoms with Crippen molar-refractivity contribution in [3.8, 4) is 0 Å². The Morgan fingerprint density at radius 1 is 1.31 bits per heavy atom. The van der Waals surface area contributed by atoms with E-state index in [4.69, 9.17) is 5.84 Å². The van der Waals surface area contributed by atoms with E-state index in [1.165, 1.54) is 6.33 Å². The quantitative estimate of drug-likeness (QED) is 0.601. The summed E-state index contributed by atoms with van der Waals surface area (Å²) in [5.41, 5.74) is 2.55. The highest BCUT2D eigenvalue weighted by Crippen LogP contribution is 2.29. The maximum atomic E-state index is 5.37. The number of nitrogens with two attached hydrogens (primary N) is 1. The van der Waals surface area contributed by atoms with Gasteiger partial charge in [0, 0.05) is 26.2 Å². The van der Waals surface area contributed by atoms with Crippen LogP contribution in [0, 0.1) is 0 Å². The molecule has 0 spiro atoms. The maximum absolute atomic E-state index is 5.37. The van der Waals surface area contributed by atoms with E-state index in [2.05, 4.69) is 48.2 Å². The van der Waals surface area contributed by atoms with Crippen molar-refractivity contribution in [1.29, 1.82) is 0 Å². The van der Waals surface area contributed by atoms with Gasteiger partial charge in [0.1, 0.15) is 16.6 Å². The van der Waals surface area contributed by atoms with Crippen LogP contribution < -0.4 is 16.2 Å². The molecule has 1 aromatic rings. The van der Waals surface area contributed by atoms with E-state index in [0.717, 1.165) is 36.5 Å². The minimum Gasteiger partial charge on any atom is -0.353 e. The predicted molar refractivity (Wildman–Crippen MR) is 67.3 cm³/mol. The number of hydrogen-bond donors (Lipinski definition) is 2. The first kappa shape index (κ1) is 11.6. The number of anilines is 2. The van der Waals surface area contributed by atoms with Gasteiger partial charge >= 0.3 is 0 Å². The number of piperazine rings is 1. The Kier molecular flexibility index (Phi) is 3.57. The second kappa shape index (κ2) is 4.94. The molecule has 0 radical (unpaired) electrons. The topological polar surface area (TPSA) is 70.3 Å². The zero-order valence-corrected chi connectivity index (χ0v) is 10.7. The van der Waals surface area contributed by atoms with E-state index < -0.39 is 0 Å². The fraction of sp³-hybridized carbons (Fsp3) is 0.556. The van der Waals surface area contributed by atoms with Crippen LogP contribution in [0.15, 0.2) is 10.8 Å². The van der Waals surface area contributed by atoms with Crippen molar-refractivity contribution in [1.82, 2.24) is 14.9 Å². The molecule has 1 aliphatic heterocycles. The number of nitrogen functional groups attached to an aromatic ring is 1.